The van der Waals surface area contributed by atoms with Crippen LogP contribution in [0.15, 0.2) is 23.2 Å². The number of hydrogen-bond donors (Lipinski definition) is 2. The fourth-order valence-electron chi connectivity index (χ4n) is 1.25. The maximum Gasteiger partial charge on any atom is 0.0859 e. The number of rotatable bonds is 1. The molecule has 12 heavy (non-hydrogen) atoms. The van der Waals surface area contributed by atoms with Gasteiger partial charge in [0.05, 0.1) is 17.9 Å². The molecule has 0 saturated carbocycles. The number of aliphatic imine (C=N–C) groups is 1. The van der Waals surface area contributed by atoms with Crippen LogP contribution in [0.4, 0.5) is 17.1 Å². The van der Waals surface area contributed by atoms with Crippen LogP contribution in [-0.4, -0.2) is 19.8 Å². The fraction of sp³-hybridized carbons (Fsp3) is 0.222. The minimum absolute atomic E-state index is 0.820. The van der Waals surface area contributed by atoms with Gasteiger partial charge in [-0.1, -0.05) is 0 Å². The molecule has 1 aliphatic heterocycles. The molecular weight excluding hydrogens is 150 g/mol. The SMILES string of the molecule is CNc1ccc2c(c1)NCC=N2. The van der Waals surface area contributed by atoms with E-state index in [1.54, 1.807) is 0 Å². The molecule has 0 fully saturated rings. The molecule has 2 N–H and O–H groups in total. The van der Waals surface area contributed by atoms with Gasteiger partial charge in [0.15, 0.2) is 0 Å². The molecule has 0 atom stereocenters. The van der Waals surface area contributed by atoms with Crippen molar-refractivity contribution in [1.82, 2.24) is 0 Å². The monoisotopic (exact) mass is 161 g/mol. The van der Waals surface area contributed by atoms with Gasteiger partial charge in [0.2, 0.25) is 0 Å². The van der Waals surface area contributed by atoms with Crippen LogP contribution in [0.25, 0.3) is 0 Å². The normalized spacial score (nSPS) is 13.4. The Kier molecular flexibility index (Phi) is 1.70. The third-order valence-corrected chi connectivity index (χ3v) is 1.90. The van der Waals surface area contributed by atoms with Gasteiger partial charge in [-0.05, 0) is 18.2 Å². The van der Waals surface area contributed by atoms with Crippen LogP contribution in [-0.2, 0) is 0 Å². The van der Waals surface area contributed by atoms with Gasteiger partial charge in [0.25, 0.3) is 0 Å². The average molecular weight is 161 g/mol. The van der Waals surface area contributed by atoms with Gasteiger partial charge >= 0.3 is 0 Å². The molecule has 0 aromatic heterocycles. The largest absolute Gasteiger partial charge is 0.388 e. The van der Waals surface area contributed by atoms with E-state index in [0.29, 0.717) is 0 Å². The van der Waals surface area contributed by atoms with Gasteiger partial charge in [-0.3, -0.25) is 4.99 Å². The van der Waals surface area contributed by atoms with Crippen LogP contribution in [0.5, 0.6) is 0 Å². The van der Waals surface area contributed by atoms with Crippen molar-refractivity contribution in [2.75, 3.05) is 24.2 Å². The predicted octanol–water partition coefficient (Wildman–Crippen LogP) is 1.86. The van der Waals surface area contributed by atoms with Gasteiger partial charge in [0, 0.05) is 18.9 Å². The van der Waals surface area contributed by atoms with Crippen LogP contribution in [0, 0.1) is 0 Å². The molecule has 1 aromatic rings. The van der Waals surface area contributed by atoms with E-state index in [0.717, 1.165) is 23.6 Å². The molecule has 2 rings (SSSR count). The van der Waals surface area contributed by atoms with Crippen LogP contribution >= 0.6 is 0 Å². The zero-order valence-electron chi connectivity index (χ0n) is 6.96. The topological polar surface area (TPSA) is 36.4 Å². The maximum absolute atomic E-state index is 4.25. The fourth-order valence-corrected chi connectivity index (χ4v) is 1.25. The summed E-state index contributed by atoms with van der Waals surface area (Å²) in [6.45, 7) is 0.820. The Hall–Kier alpha value is -1.51. The third-order valence-electron chi connectivity index (χ3n) is 1.90. The van der Waals surface area contributed by atoms with E-state index in [2.05, 4.69) is 21.7 Å². The lowest BCUT2D eigenvalue weighted by atomic mass is 10.2. The van der Waals surface area contributed by atoms with Crippen molar-refractivity contribution in [1.29, 1.82) is 0 Å². The lowest BCUT2D eigenvalue weighted by Crippen LogP contribution is -2.06. The van der Waals surface area contributed by atoms with Crippen molar-refractivity contribution in [2.24, 2.45) is 4.99 Å². The lowest BCUT2D eigenvalue weighted by molar-refractivity contribution is 1.33. The molecule has 0 bridgehead atoms. The quantitative estimate of drug-likeness (QED) is 0.659. The van der Waals surface area contributed by atoms with E-state index in [-0.39, 0.29) is 0 Å². The second-order valence-corrected chi connectivity index (χ2v) is 2.67. The highest BCUT2D eigenvalue weighted by Gasteiger charge is 2.03. The van der Waals surface area contributed by atoms with Gasteiger partial charge in [-0.2, -0.15) is 0 Å². The molecule has 1 aliphatic rings. The molecule has 1 heterocycles. The van der Waals surface area contributed by atoms with Crippen molar-refractivity contribution < 1.29 is 0 Å². The number of nitrogens with one attached hydrogen (secondary N) is 2. The van der Waals surface area contributed by atoms with Crippen molar-refractivity contribution in [3.05, 3.63) is 18.2 Å². The van der Waals surface area contributed by atoms with E-state index in [1.807, 2.05) is 25.4 Å². The molecule has 0 radical (unpaired) electrons. The molecular formula is C9H11N3. The molecule has 3 nitrogen and oxygen atoms in total. The van der Waals surface area contributed by atoms with Crippen molar-refractivity contribution >= 4 is 23.3 Å². The molecule has 0 unspecified atom stereocenters. The van der Waals surface area contributed by atoms with Gasteiger partial charge < -0.3 is 10.6 Å². The predicted molar refractivity (Wildman–Crippen MR) is 52.6 cm³/mol. The summed E-state index contributed by atoms with van der Waals surface area (Å²) in [7, 11) is 1.91. The molecule has 0 aliphatic carbocycles. The van der Waals surface area contributed by atoms with Gasteiger partial charge in [0.1, 0.15) is 0 Å². The Morgan fingerprint density at radius 2 is 2.42 bits per heavy atom. The molecule has 62 valence electrons. The van der Waals surface area contributed by atoms with Crippen LogP contribution in [0.3, 0.4) is 0 Å². The van der Waals surface area contributed by atoms with E-state index in [1.165, 1.54) is 0 Å². The van der Waals surface area contributed by atoms with E-state index in [9.17, 15) is 0 Å². The van der Waals surface area contributed by atoms with E-state index < -0.39 is 0 Å². The van der Waals surface area contributed by atoms with Crippen molar-refractivity contribution in [3.8, 4) is 0 Å². The highest BCUT2D eigenvalue weighted by atomic mass is 15.0. The number of benzene rings is 1. The first-order chi connectivity index (χ1) is 5.90. The van der Waals surface area contributed by atoms with Crippen LogP contribution in [0.1, 0.15) is 0 Å². The summed E-state index contributed by atoms with van der Waals surface area (Å²) in [6.07, 6.45) is 1.88. The summed E-state index contributed by atoms with van der Waals surface area (Å²) >= 11 is 0. The molecule has 3 heteroatoms. The Bertz CT molecular complexity index is 318. The Morgan fingerprint density at radius 3 is 3.25 bits per heavy atom. The average Bonchev–Trinajstić information content (AvgIpc) is 2.17. The highest BCUT2D eigenvalue weighted by molar-refractivity contribution is 5.82. The Morgan fingerprint density at radius 1 is 1.50 bits per heavy atom. The number of nitrogens with zero attached hydrogens (tertiary/aromatic N) is 1. The summed E-state index contributed by atoms with van der Waals surface area (Å²) < 4.78 is 0. The Balaban J connectivity index is 2.44. The molecule has 0 spiro atoms. The minimum Gasteiger partial charge on any atom is -0.388 e. The first kappa shape index (κ1) is 7.16. The second-order valence-electron chi connectivity index (χ2n) is 2.67. The summed E-state index contributed by atoms with van der Waals surface area (Å²) in [6, 6.07) is 6.08. The summed E-state index contributed by atoms with van der Waals surface area (Å²) in [5, 5.41) is 6.33. The summed E-state index contributed by atoms with van der Waals surface area (Å²) in [5.74, 6) is 0. The standard InChI is InChI=1S/C9H11N3/c1-10-7-2-3-8-9(6-7)12-5-4-11-8/h2-4,6,10,12H,5H2,1H3. The summed E-state index contributed by atoms with van der Waals surface area (Å²) in [4.78, 5) is 4.25. The third kappa shape index (κ3) is 1.13. The van der Waals surface area contributed by atoms with Gasteiger partial charge in [-0.15, -0.1) is 0 Å². The highest BCUT2D eigenvalue weighted by Crippen LogP contribution is 2.29. The van der Waals surface area contributed by atoms with E-state index in [4.69, 9.17) is 0 Å². The smallest absolute Gasteiger partial charge is 0.0859 e. The second kappa shape index (κ2) is 2.85. The number of hydrogen-bond acceptors (Lipinski definition) is 3. The van der Waals surface area contributed by atoms with Gasteiger partial charge in [-0.25, -0.2) is 0 Å². The molecule has 0 amide bonds. The zero-order valence-corrected chi connectivity index (χ0v) is 6.96. The number of fused-ring (bicyclic) bond motifs is 1. The van der Waals surface area contributed by atoms with E-state index >= 15 is 0 Å². The van der Waals surface area contributed by atoms with Crippen LogP contribution in [0.2, 0.25) is 0 Å². The first-order valence-corrected chi connectivity index (χ1v) is 3.98. The zero-order chi connectivity index (χ0) is 8.39. The lowest BCUT2D eigenvalue weighted by Gasteiger charge is -2.12. The Labute approximate surface area is 71.5 Å². The minimum atomic E-state index is 0.820. The molecule has 1 aromatic carbocycles. The van der Waals surface area contributed by atoms with Crippen LogP contribution < -0.4 is 10.6 Å². The summed E-state index contributed by atoms with van der Waals surface area (Å²) in [5.41, 5.74) is 3.22. The molecule has 0 saturated heterocycles. The maximum atomic E-state index is 4.25. The van der Waals surface area contributed by atoms with Crippen molar-refractivity contribution in [2.45, 2.75) is 0 Å². The number of anilines is 2. The van der Waals surface area contributed by atoms with Crippen molar-refractivity contribution in [3.63, 3.8) is 0 Å². The first-order valence-electron chi connectivity index (χ1n) is 3.98.